The maximum atomic E-state index is 11.7. The van der Waals surface area contributed by atoms with Gasteiger partial charge in [-0.2, -0.15) is 16.8 Å². The second kappa shape index (κ2) is 22.9. The first kappa shape index (κ1) is 36.9. The van der Waals surface area contributed by atoms with E-state index < -0.39 is 31.1 Å². The van der Waals surface area contributed by atoms with Crippen LogP contribution in [-0.4, -0.2) is 36.8 Å². The Kier molecular flexibility index (Phi) is 24.9. The van der Waals surface area contributed by atoms with Gasteiger partial charge in [0, 0.05) is 0 Å². The van der Waals surface area contributed by atoms with E-state index in [4.69, 9.17) is 4.74 Å². The van der Waals surface area contributed by atoms with Gasteiger partial charge in [0.15, 0.2) is 10.9 Å². The van der Waals surface area contributed by atoms with Crippen LogP contribution >= 0.6 is 0 Å². The topological polar surface area (TPSA) is 118 Å². The van der Waals surface area contributed by atoms with Crippen molar-refractivity contribution in [3.63, 3.8) is 0 Å². The van der Waals surface area contributed by atoms with Gasteiger partial charge >= 0.3 is 29.6 Å². The average molecular weight is 539 g/mol. The summed E-state index contributed by atoms with van der Waals surface area (Å²) in [6.07, 6.45) is 18.8. The van der Waals surface area contributed by atoms with Gasteiger partial charge in [-0.15, -0.1) is 0 Å². The number of hydrogen-bond acceptors (Lipinski definition) is 5. The first-order chi connectivity index (χ1) is 15.6. The fraction of sp³-hybridized carbons (Fsp3) is 1.00. The average Bonchev–Trinajstić information content (AvgIpc) is 2.73. The molecule has 0 aromatic heterocycles. The maximum absolute atomic E-state index is 11.7. The van der Waals surface area contributed by atoms with Gasteiger partial charge in [0.05, 0.1) is 0 Å². The minimum Gasteiger partial charge on any atom is -1.00 e. The van der Waals surface area contributed by atoms with E-state index in [9.17, 15) is 25.9 Å². The minimum absolute atomic E-state index is 0. The van der Waals surface area contributed by atoms with Crippen LogP contribution in [0.25, 0.3) is 0 Å². The largest absolute Gasteiger partial charge is 1.00 e. The third-order valence-electron chi connectivity index (χ3n) is 6.05. The van der Waals surface area contributed by atoms with Crippen molar-refractivity contribution in [2.75, 3.05) is 0 Å². The third kappa shape index (κ3) is 22.0. The number of unbranched alkanes of at least 4 members (excludes halogenated alkanes) is 16. The molecule has 2 unspecified atom stereocenters. The molecular formula is C24H51NaO7S2. The zero-order chi connectivity index (χ0) is 25.0. The standard InChI is InChI=1S/C24H50O7S2.Na.H/c1-3-5-7-9-11-13-15-17-19-21-23(32(25,26)27)31-24(33(28,29)30)22-20-18-16-14-12-10-8-6-4-2;;/h23-24H,3-22H2,1-2H3,(H,25,26,27)(H,28,29,30);;/q;+1;-1. The zero-order valence-corrected chi connectivity index (χ0v) is 25.7. The van der Waals surface area contributed by atoms with Crippen molar-refractivity contribution in [3.05, 3.63) is 0 Å². The zero-order valence-electron chi connectivity index (χ0n) is 23.0. The summed E-state index contributed by atoms with van der Waals surface area (Å²) in [6.45, 7) is 4.35. The molecule has 202 valence electrons. The van der Waals surface area contributed by atoms with Gasteiger partial charge in [-0.05, 0) is 25.7 Å². The number of rotatable bonds is 24. The predicted octanol–water partition coefficient (Wildman–Crippen LogP) is 4.39. The molecule has 10 heteroatoms. The van der Waals surface area contributed by atoms with Crippen molar-refractivity contribution >= 4 is 20.2 Å². The molecule has 0 bridgehead atoms. The minimum atomic E-state index is -4.58. The van der Waals surface area contributed by atoms with Crippen molar-refractivity contribution in [1.29, 1.82) is 0 Å². The maximum Gasteiger partial charge on any atom is 1.00 e. The molecule has 0 amide bonds. The van der Waals surface area contributed by atoms with E-state index in [-0.39, 0.29) is 43.8 Å². The summed E-state index contributed by atoms with van der Waals surface area (Å²) in [5, 5.41) is 0. The first-order valence-electron chi connectivity index (χ1n) is 13.2. The Morgan fingerprint density at radius 1 is 0.529 bits per heavy atom. The van der Waals surface area contributed by atoms with E-state index in [1.807, 2.05) is 0 Å². The van der Waals surface area contributed by atoms with Crippen molar-refractivity contribution < 1.29 is 61.7 Å². The molecule has 0 aliphatic heterocycles. The van der Waals surface area contributed by atoms with Crippen LogP contribution in [0.5, 0.6) is 0 Å². The molecule has 0 saturated heterocycles. The fourth-order valence-electron chi connectivity index (χ4n) is 3.99. The van der Waals surface area contributed by atoms with Crippen LogP contribution in [0.15, 0.2) is 0 Å². The summed E-state index contributed by atoms with van der Waals surface area (Å²) in [4.78, 5) is 0. The molecule has 0 aromatic rings. The molecule has 0 aromatic carbocycles. The van der Waals surface area contributed by atoms with Crippen LogP contribution in [-0.2, 0) is 25.0 Å². The second-order valence-electron chi connectivity index (χ2n) is 9.26. The molecule has 0 spiro atoms. The Labute approximate surface area is 233 Å². The van der Waals surface area contributed by atoms with Crippen LogP contribution in [0, 0.1) is 0 Å². The third-order valence-corrected chi connectivity index (χ3v) is 8.08. The van der Waals surface area contributed by atoms with Crippen molar-refractivity contribution in [2.45, 2.75) is 153 Å². The summed E-state index contributed by atoms with van der Waals surface area (Å²) >= 11 is 0. The monoisotopic (exact) mass is 538 g/mol. The molecule has 0 radical (unpaired) electrons. The molecule has 0 fully saturated rings. The Balaban J connectivity index is -0.00000512. The first-order valence-corrected chi connectivity index (χ1v) is 16.2. The van der Waals surface area contributed by atoms with Crippen LogP contribution in [0.1, 0.15) is 144 Å². The quantitative estimate of drug-likeness (QED) is 0.106. The molecule has 0 aliphatic rings. The molecule has 7 nitrogen and oxygen atoms in total. The number of hydrogen-bond donors (Lipinski definition) is 2. The van der Waals surface area contributed by atoms with E-state index in [2.05, 4.69) is 13.8 Å². The molecule has 0 heterocycles. The van der Waals surface area contributed by atoms with E-state index in [1.54, 1.807) is 0 Å². The Bertz CT molecular complexity index is 605. The second-order valence-corrected chi connectivity index (χ2v) is 12.4. The molecule has 2 N–H and O–H groups in total. The van der Waals surface area contributed by atoms with Crippen LogP contribution in [0.2, 0.25) is 0 Å². The summed E-state index contributed by atoms with van der Waals surface area (Å²) in [5.41, 5.74) is -3.26. The molecule has 2 atom stereocenters. The van der Waals surface area contributed by atoms with E-state index in [0.717, 1.165) is 51.4 Å². The van der Waals surface area contributed by atoms with Crippen molar-refractivity contribution in [2.24, 2.45) is 0 Å². The van der Waals surface area contributed by atoms with Crippen molar-refractivity contribution in [1.82, 2.24) is 0 Å². The van der Waals surface area contributed by atoms with Crippen LogP contribution in [0.3, 0.4) is 0 Å². The predicted molar refractivity (Wildman–Crippen MR) is 137 cm³/mol. The van der Waals surface area contributed by atoms with Gasteiger partial charge in [0.2, 0.25) is 0 Å². The van der Waals surface area contributed by atoms with Gasteiger partial charge in [-0.1, -0.05) is 117 Å². The van der Waals surface area contributed by atoms with Gasteiger partial charge in [-0.3, -0.25) is 9.11 Å². The van der Waals surface area contributed by atoms with Crippen LogP contribution < -0.4 is 29.6 Å². The Hall–Kier alpha value is 0.780. The van der Waals surface area contributed by atoms with Gasteiger partial charge < -0.3 is 6.16 Å². The summed E-state index contributed by atoms with van der Waals surface area (Å²) in [7, 11) is -9.15. The molecule has 0 aliphatic carbocycles. The van der Waals surface area contributed by atoms with E-state index in [1.165, 1.54) is 51.4 Å². The summed E-state index contributed by atoms with van der Waals surface area (Å²) in [5.74, 6) is 0. The molecular weight excluding hydrogens is 487 g/mol. The van der Waals surface area contributed by atoms with E-state index in [0.29, 0.717) is 12.8 Å². The fourth-order valence-corrected chi connectivity index (χ4v) is 5.54. The Morgan fingerprint density at radius 3 is 1.00 bits per heavy atom. The smallest absolute Gasteiger partial charge is 1.00 e. The Morgan fingerprint density at radius 2 is 0.765 bits per heavy atom. The van der Waals surface area contributed by atoms with Gasteiger partial charge in [0.25, 0.3) is 20.2 Å². The summed E-state index contributed by atoms with van der Waals surface area (Å²) < 4.78 is 71.2. The SMILES string of the molecule is CCCCCCCCCCCC(OC(CCCCCCCCCCC)S(=O)(=O)O)S(=O)(=O)O.[H-].[Na+]. The van der Waals surface area contributed by atoms with Crippen molar-refractivity contribution in [3.8, 4) is 0 Å². The van der Waals surface area contributed by atoms with E-state index >= 15 is 0 Å². The van der Waals surface area contributed by atoms with Gasteiger partial charge in [-0.25, -0.2) is 0 Å². The normalized spacial score (nSPS) is 14.0. The molecule has 0 saturated carbocycles. The summed E-state index contributed by atoms with van der Waals surface area (Å²) in [6, 6.07) is 0. The van der Waals surface area contributed by atoms with Crippen LogP contribution in [0.4, 0.5) is 0 Å². The molecule has 34 heavy (non-hydrogen) atoms. The van der Waals surface area contributed by atoms with Gasteiger partial charge in [0.1, 0.15) is 0 Å². The number of ether oxygens (including phenoxy) is 1. The molecule has 0 rings (SSSR count).